The summed E-state index contributed by atoms with van der Waals surface area (Å²) in [6, 6.07) is 14.4. The zero-order chi connectivity index (χ0) is 17.0. The molecular formula is C20H23NO3. The number of fused-ring (bicyclic) bond motifs is 1. The molecule has 24 heavy (non-hydrogen) atoms. The van der Waals surface area contributed by atoms with Gasteiger partial charge in [0.25, 0.3) is 0 Å². The summed E-state index contributed by atoms with van der Waals surface area (Å²) in [6.45, 7) is 0. The van der Waals surface area contributed by atoms with Crippen LogP contribution >= 0.6 is 0 Å². The highest BCUT2D eigenvalue weighted by molar-refractivity contribution is 5.83. The van der Waals surface area contributed by atoms with E-state index in [4.69, 9.17) is 5.11 Å². The molecule has 1 amide bonds. The summed E-state index contributed by atoms with van der Waals surface area (Å²) >= 11 is 0. The van der Waals surface area contributed by atoms with Crippen LogP contribution in [0, 0.1) is 0 Å². The summed E-state index contributed by atoms with van der Waals surface area (Å²) in [5, 5.41) is 14.5. The maximum Gasteiger partial charge on any atom is 0.305 e. The highest BCUT2D eigenvalue weighted by Gasteiger charge is 2.37. The molecule has 0 saturated heterocycles. The van der Waals surface area contributed by atoms with Crippen molar-refractivity contribution in [2.75, 3.05) is 0 Å². The van der Waals surface area contributed by atoms with Crippen LogP contribution in [0.2, 0.25) is 0 Å². The van der Waals surface area contributed by atoms with E-state index in [9.17, 15) is 9.59 Å². The van der Waals surface area contributed by atoms with Crippen molar-refractivity contribution in [1.29, 1.82) is 0 Å². The summed E-state index contributed by atoms with van der Waals surface area (Å²) in [4.78, 5) is 23.4. The molecule has 4 heteroatoms. The fraction of sp³-hybridized carbons (Fsp3) is 0.400. The lowest BCUT2D eigenvalue weighted by Crippen LogP contribution is -2.47. The predicted molar refractivity (Wildman–Crippen MR) is 93.9 cm³/mol. The number of aliphatic carboxylic acids is 1. The van der Waals surface area contributed by atoms with Crippen LogP contribution in [0.25, 0.3) is 10.8 Å². The predicted octanol–water partition coefficient (Wildman–Crippen LogP) is 3.68. The van der Waals surface area contributed by atoms with Crippen LogP contribution in [0.15, 0.2) is 42.5 Å². The Labute approximate surface area is 141 Å². The first-order valence-electron chi connectivity index (χ1n) is 8.57. The molecule has 2 aromatic rings. The summed E-state index contributed by atoms with van der Waals surface area (Å²) in [5.41, 5.74) is 0.592. The van der Waals surface area contributed by atoms with Crippen molar-refractivity contribution >= 4 is 22.6 Å². The number of nitrogens with one attached hydrogen (secondary N) is 1. The maximum absolute atomic E-state index is 12.3. The first kappa shape index (κ1) is 16.5. The number of aryl methyl sites for hydroxylation is 1. The average Bonchev–Trinajstić information content (AvgIpc) is 3.00. The molecule has 1 saturated carbocycles. The van der Waals surface area contributed by atoms with E-state index in [0.29, 0.717) is 12.8 Å². The SMILES string of the molecule is O=C(O)CC1(NC(=O)CCc2ccc3ccccc3c2)CCCC1. The monoisotopic (exact) mass is 325 g/mol. The lowest BCUT2D eigenvalue weighted by Gasteiger charge is -2.28. The number of hydrogen-bond acceptors (Lipinski definition) is 2. The number of carboxylic acids is 1. The van der Waals surface area contributed by atoms with Crippen LogP contribution in [0.4, 0.5) is 0 Å². The zero-order valence-electron chi connectivity index (χ0n) is 13.8. The minimum Gasteiger partial charge on any atom is -0.481 e. The van der Waals surface area contributed by atoms with E-state index in [2.05, 4.69) is 35.6 Å². The quantitative estimate of drug-likeness (QED) is 0.851. The van der Waals surface area contributed by atoms with Crippen LogP contribution in [-0.2, 0) is 16.0 Å². The molecule has 126 valence electrons. The lowest BCUT2D eigenvalue weighted by atomic mass is 9.92. The fourth-order valence-electron chi connectivity index (χ4n) is 3.70. The number of amides is 1. The van der Waals surface area contributed by atoms with Gasteiger partial charge in [0.05, 0.1) is 12.0 Å². The molecule has 1 aliphatic carbocycles. The van der Waals surface area contributed by atoms with E-state index in [0.717, 1.165) is 31.2 Å². The molecule has 2 N–H and O–H groups in total. The van der Waals surface area contributed by atoms with Crippen molar-refractivity contribution in [3.63, 3.8) is 0 Å². The molecule has 0 aromatic heterocycles. The van der Waals surface area contributed by atoms with Crippen molar-refractivity contribution < 1.29 is 14.7 Å². The van der Waals surface area contributed by atoms with Gasteiger partial charge >= 0.3 is 5.97 Å². The standard InChI is InChI=1S/C20H23NO3/c22-18(21-20(14-19(23)24)11-3-4-12-20)10-8-15-7-9-16-5-1-2-6-17(16)13-15/h1-2,5-7,9,13H,3-4,8,10-12,14H2,(H,21,22)(H,23,24). The first-order valence-corrected chi connectivity index (χ1v) is 8.57. The van der Waals surface area contributed by atoms with Gasteiger partial charge in [-0.05, 0) is 35.6 Å². The van der Waals surface area contributed by atoms with Gasteiger partial charge in [0, 0.05) is 6.42 Å². The summed E-state index contributed by atoms with van der Waals surface area (Å²) in [6.07, 6.45) is 4.58. The average molecular weight is 325 g/mol. The van der Waals surface area contributed by atoms with Crippen LogP contribution < -0.4 is 5.32 Å². The van der Waals surface area contributed by atoms with Gasteiger partial charge in [-0.2, -0.15) is 0 Å². The number of rotatable bonds is 6. The molecule has 3 rings (SSSR count). The molecule has 0 radical (unpaired) electrons. The van der Waals surface area contributed by atoms with E-state index in [1.165, 1.54) is 10.8 Å². The van der Waals surface area contributed by atoms with E-state index < -0.39 is 11.5 Å². The zero-order valence-corrected chi connectivity index (χ0v) is 13.8. The smallest absolute Gasteiger partial charge is 0.305 e. The molecular weight excluding hydrogens is 302 g/mol. The van der Waals surface area contributed by atoms with Crippen LogP contribution in [0.5, 0.6) is 0 Å². The van der Waals surface area contributed by atoms with Gasteiger partial charge in [-0.3, -0.25) is 9.59 Å². The molecule has 0 unspecified atom stereocenters. The van der Waals surface area contributed by atoms with Gasteiger partial charge in [0.15, 0.2) is 0 Å². The Bertz CT molecular complexity index is 747. The first-order chi connectivity index (χ1) is 11.6. The van der Waals surface area contributed by atoms with Gasteiger partial charge in [-0.25, -0.2) is 0 Å². The molecule has 4 nitrogen and oxygen atoms in total. The van der Waals surface area contributed by atoms with Gasteiger partial charge in [0.1, 0.15) is 0 Å². The second-order valence-corrected chi connectivity index (χ2v) is 6.79. The van der Waals surface area contributed by atoms with E-state index >= 15 is 0 Å². The van der Waals surface area contributed by atoms with Crippen molar-refractivity contribution in [2.24, 2.45) is 0 Å². The van der Waals surface area contributed by atoms with Crippen molar-refractivity contribution in [2.45, 2.75) is 50.5 Å². The Morgan fingerprint density at radius 1 is 1.04 bits per heavy atom. The molecule has 2 aromatic carbocycles. The minimum absolute atomic E-state index is 0.0225. The van der Waals surface area contributed by atoms with Gasteiger partial charge in [-0.1, -0.05) is 55.3 Å². The maximum atomic E-state index is 12.3. The third-order valence-electron chi connectivity index (χ3n) is 4.91. The Morgan fingerprint density at radius 3 is 2.46 bits per heavy atom. The van der Waals surface area contributed by atoms with Crippen LogP contribution in [0.3, 0.4) is 0 Å². The van der Waals surface area contributed by atoms with Gasteiger partial charge < -0.3 is 10.4 Å². The number of carboxylic acid groups (broad SMARTS) is 1. The topological polar surface area (TPSA) is 66.4 Å². The Hall–Kier alpha value is -2.36. The van der Waals surface area contributed by atoms with Gasteiger partial charge in [-0.15, -0.1) is 0 Å². The number of carbonyl (C=O) groups excluding carboxylic acids is 1. The third kappa shape index (κ3) is 3.94. The summed E-state index contributed by atoms with van der Waals surface area (Å²) < 4.78 is 0. The van der Waals surface area contributed by atoms with Crippen molar-refractivity contribution in [3.05, 3.63) is 48.0 Å². The molecule has 1 fully saturated rings. The molecule has 0 aliphatic heterocycles. The van der Waals surface area contributed by atoms with Crippen molar-refractivity contribution in [3.8, 4) is 0 Å². The Kier molecular flexibility index (Phi) is 4.84. The second kappa shape index (κ2) is 7.04. The molecule has 0 spiro atoms. The number of carbonyl (C=O) groups is 2. The van der Waals surface area contributed by atoms with E-state index in [1.807, 2.05) is 12.1 Å². The summed E-state index contributed by atoms with van der Waals surface area (Å²) in [5.74, 6) is -0.891. The Morgan fingerprint density at radius 2 is 1.75 bits per heavy atom. The van der Waals surface area contributed by atoms with Gasteiger partial charge in [0.2, 0.25) is 5.91 Å². The number of benzene rings is 2. The molecule has 1 aliphatic rings. The van der Waals surface area contributed by atoms with Crippen LogP contribution in [0.1, 0.15) is 44.1 Å². The Balaban J connectivity index is 1.60. The molecule has 0 bridgehead atoms. The highest BCUT2D eigenvalue weighted by Crippen LogP contribution is 2.32. The fourth-order valence-corrected chi connectivity index (χ4v) is 3.70. The minimum atomic E-state index is -0.841. The van der Waals surface area contributed by atoms with Crippen LogP contribution in [-0.4, -0.2) is 22.5 Å². The molecule has 0 atom stereocenters. The van der Waals surface area contributed by atoms with E-state index in [1.54, 1.807) is 0 Å². The number of hydrogen-bond donors (Lipinski definition) is 2. The van der Waals surface area contributed by atoms with Crippen molar-refractivity contribution in [1.82, 2.24) is 5.32 Å². The third-order valence-corrected chi connectivity index (χ3v) is 4.91. The molecule has 0 heterocycles. The largest absolute Gasteiger partial charge is 0.481 e. The second-order valence-electron chi connectivity index (χ2n) is 6.79. The highest BCUT2D eigenvalue weighted by atomic mass is 16.4. The normalized spacial score (nSPS) is 16.2. The summed E-state index contributed by atoms with van der Waals surface area (Å²) in [7, 11) is 0. The lowest BCUT2D eigenvalue weighted by molar-refractivity contribution is -0.139. The van der Waals surface area contributed by atoms with E-state index in [-0.39, 0.29) is 12.3 Å².